The second-order valence-electron chi connectivity index (χ2n) is 3.59. The van der Waals surface area contributed by atoms with Crippen LogP contribution in [0, 0.1) is 0 Å². The van der Waals surface area contributed by atoms with Gasteiger partial charge in [0, 0.05) is 6.04 Å². The van der Waals surface area contributed by atoms with Crippen LogP contribution in [0.25, 0.3) is 0 Å². The number of nitrogens with one attached hydrogen (secondary N) is 2. The van der Waals surface area contributed by atoms with Gasteiger partial charge in [-0.25, -0.2) is 9.59 Å². The van der Waals surface area contributed by atoms with E-state index in [4.69, 9.17) is 5.11 Å². The summed E-state index contributed by atoms with van der Waals surface area (Å²) in [4.78, 5) is 32.5. The van der Waals surface area contributed by atoms with Crippen molar-refractivity contribution in [1.29, 1.82) is 0 Å². The van der Waals surface area contributed by atoms with Gasteiger partial charge in [-0.05, 0) is 25.4 Å². The van der Waals surface area contributed by atoms with Gasteiger partial charge in [-0.1, -0.05) is 0 Å². The first kappa shape index (κ1) is 16.7. The second kappa shape index (κ2) is 9.72. The lowest BCUT2D eigenvalue weighted by Crippen LogP contribution is -2.45. The lowest BCUT2D eigenvalue weighted by molar-refractivity contribution is -0.143. The number of rotatable bonds is 8. The standard InChI is InChI=1S/C10H18N2O5S/c1-7(3-4-18-2)11-10(16)12-8(13)5-17-6-9(14)15/h7H,3-6H2,1-2H3,(H,14,15)(H2,11,12,13,16). The average Bonchev–Trinajstić information content (AvgIpc) is 2.25. The molecule has 0 aromatic heterocycles. The maximum absolute atomic E-state index is 11.3. The molecule has 0 aromatic rings. The zero-order valence-corrected chi connectivity index (χ0v) is 11.2. The van der Waals surface area contributed by atoms with Gasteiger partial charge in [0.2, 0.25) is 0 Å². The minimum atomic E-state index is -1.17. The number of hydrogen-bond acceptors (Lipinski definition) is 5. The van der Waals surface area contributed by atoms with Crippen LogP contribution in [0.3, 0.4) is 0 Å². The van der Waals surface area contributed by atoms with E-state index in [0.717, 1.165) is 12.2 Å². The number of amides is 3. The molecular formula is C10H18N2O5S. The van der Waals surface area contributed by atoms with E-state index in [9.17, 15) is 14.4 Å². The predicted molar refractivity (Wildman–Crippen MR) is 67.6 cm³/mol. The van der Waals surface area contributed by atoms with Crippen LogP contribution in [0.2, 0.25) is 0 Å². The number of imide groups is 1. The zero-order valence-electron chi connectivity index (χ0n) is 10.4. The molecule has 18 heavy (non-hydrogen) atoms. The minimum absolute atomic E-state index is 0.0369. The number of urea groups is 1. The van der Waals surface area contributed by atoms with Crippen LogP contribution in [0.4, 0.5) is 4.79 Å². The largest absolute Gasteiger partial charge is 0.480 e. The van der Waals surface area contributed by atoms with E-state index in [2.05, 4.69) is 10.1 Å². The van der Waals surface area contributed by atoms with E-state index in [1.165, 1.54) is 0 Å². The van der Waals surface area contributed by atoms with Crippen molar-refractivity contribution < 1.29 is 24.2 Å². The van der Waals surface area contributed by atoms with E-state index in [1.807, 2.05) is 18.5 Å². The molecule has 1 unspecified atom stereocenters. The fraction of sp³-hybridized carbons (Fsp3) is 0.700. The molecular weight excluding hydrogens is 260 g/mol. The Kier molecular flexibility index (Phi) is 9.03. The lowest BCUT2D eigenvalue weighted by atomic mass is 10.3. The van der Waals surface area contributed by atoms with Crippen molar-refractivity contribution in [2.45, 2.75) is 19.4 Å². The van der Waals surface area contributed by atoms with Crippen molar-refractivity contribution >= 4 is 29.7 Å². The Balaban J connectivity index is 3.73. The maximum Gasteiger partial charge on any atom is 0.329 e. The van der Waals surface area contributed by atoms with Crippen LogP contribution in [-0.2, 0) is 14.3 Å². The molecule has 0 saturated heterocycles. The Morgan fingerprint density at radius 1 is 1.33 bits per heavy atom. The number of aliphatic carboxylic acids is 1. The van der Waals surface area contributed by atoms with Crippen molar-refractivity contribution in [3.05, 3.63) is 0 Å². The molecule has 1 atom stereocenters. The highest BCUT2D eigenvalue weighted by Crippen LogP contribution is 1.99. The highest BCUT2D eigenvalue weighted by atomic mass is 32.2. The quantitative estimate of drug-likeness (QED) is 0.579. The molecule has 0 radical (unpaired) electrons. The molecule has 0 saturated carbocycles. The summed E-state index contributed by atoms with van der Waals surface area (Å²) in [5, 5.41) is 12.9. The van der Waals surface area contributed by atoms with Crippen molar-refractivity contribution in [2.75, 3.05) is 25.2 Å². The number of ether oxygens (including phenoxy) is 1. The Bertz CT molecular complexity index is 298. The van der Waals surface area contributed by atoms with Gasteiger partial charge >= 0.3 is 12.0 Å². The van der Waals surface area contributed by atoms with E-state index >= 15 is 0 Å². The SMILES string of the molecule is CSCCC(C)NC(=O)NC(=O)COCC(=O)O. The van der Waals surface area contributed by atoms with Crippen LogP contribution in [0.5, 0.6) is 0 Å². The molecule has 0 spiro atoms. The Morgan fingerprint density at radius 3 is 2.56 bits per heavy atom. The average molecular weight is 278 g/mol. The van der Waals surface area contributed by atoms with Gasteiger partial charge in [-0.2, -0.15) is 11.8 Å². The Hall–Kier alpha value is -1.28. The van der Waals surface area contributed by atoms with Gasteiger partial charge in [0.25, 0.3) is 5.91 Å². The van der Waals surface area contributed by atoms with E-state index in [1.54, 1.807) is 11.8 Å². The van der Waals surface area contributed by atoms with Crippen LogP contribution in [-0.4, -0.2) is 54.3 Å². The molecule has 0 rings (SSSR count). The summed E-state index contributed by atoms with van der Waals surface area (Å²) in [6, 6.07) is -0.641. The molecule has 104 valence electrons. The number of hydrogen-bond donors (Lipinski definition) is 3. The van der Waals surface area contributed by atoms with Crippen molar-refractivity contribution in [3.8, 4) is 0 Å². The van der Waals surface area contributed by atoms with Gasteiger partial charge in [-0.15, -0.1) is 0 Å². The van der Waals surface area contributed by atoms with E-state index in [-0.39, 0.29) is 6.04 Å². The third kappa shape index (κ3) is 9.91. The monoisotopic (exact) mass is 278 g/mol. The molecule has 0 fully saturated rings. The Morgan fingerprint density at radius 2 is 2.00 bits per heavy atom. The van der Waals surface area contributed by atoms with Gasteiger partial charge in [0.1, 0.15) is 13.2 Å². The summed E-state index contributed by atoms with van der Waals surface area (Å²) in [6.07, 6.45) is 2.77. The summed E-state index contributed by atoms with van der Waals surface area (Å²) in [5.74, 6) is -0.930. The normalized spacial score (nSPS) is 11.7. The lowest BCUT2D eigenvalue weighted by Gasteiger charge is -2.13. The third-order valence-corrected chi connectivity index (χ3v) is 2.49. The molecule has 0 bridgehead atoms. The van der Waals surface area contributed by atoms with Gasteiger partial charge in [0.05, 0.1) is 0 Å². The van der Waals surface area contributed by atoms with Crippen molar-refractivity contribution in [1.82, 2.24) is 10.6 Å². The van der Waals surface area contributed by atoms with Crippen LogP contribution in [0.1, 0.15) is 13.3 Å². The molecule has 7 nitrogen and oxygen atoms in total. The summed E-state index contributed by atoms with van der Waals surface area (Å²) in [7, 11) is 0. The fourth-order valence-corrected chi connectivity index (χ4v) is 1.61. The Labute approximate surface area is 110 Å². The number of carbonyl (C=O) groups excluding carboxylic acids is 2. The van der Waals surface area contributed by atoms with Crippen LogP contribution < -0.4 is 10.6 Å². The summed E-state index contributed by atoms with van der Waals surface area (Å²) < 4.78 is 4.53. The highest BCUT2D eigenvalue weighted by molar-refractivity contribution is 7.98. The van der Waals surface area contributed by atoms with Crippen LogP contribution in [0.15, 0.2) is 0 Å². The fourth-order valence-electron chi connectivity index (χ4n) is 1.02. The predicted octanol–water partition coefficient (Wildman–Crippen LogP) is 0.0550. The smallest absolute Gasteiger partial charge is 0.329 e. The third-order valence-electron chi connectivity index (χ3n) is 1.84. The van der Waals surface area contributed by atoms with E-state index < -0.39 is 31.1 Å². The number of carboxylic acids is 1. The molecule has 8 heteroatoms. The first-order valence-corrected chi connectivity index (χ1v) is 6.74. The first-order chi connectivity index (χ1) is 8.45. The summed E-state index contributed by atoms with van der Waals surface area (Å²) >= 11 is 1.67. The molecule has 0 aliphatic carbocycles. The van der Waals surface area contributed by atoms with Gasteiger partial charge < -0.3 is 15.2 Å². The zero-order chi connectivity index (χ0) is 14.0. The second-order valence-corrected chi connectivity index (χ2v) is 4.58. The van der Waals surface area contributed by atoms with Crippen LogP contribution >= 0.6 is 11.8 Å². The molecule has 0 aliphatic rings. The highest BCUT2D eigenvalue weighted by Gasteiger charge is 2.11. The number of thioether (sulfide) groups is 1. The molecule has 3 amide bonds. The molecule has 0 aliphatic heterocycles. The molecule has 0 heterocycles. The number of carbonyl (C=O) groups is 3. The van der Waals surface area contributed by atoms with Crippen molar-refractivity contribution in [3.63, 3.8) is 0 Å². The number of carboxylic acid groups (broad SMARTS) is 1. The molecule has 3 N–H and O–H groups in total. The van der Waals surface area contributed by atoms with Gasteiger partial charge in [0.15, 0.2) is 0 Å². The van der Waals surface area contributed by atoms with Gasteiger partial charge in [-0.3, -0.25) is 10.1 Å². The topological polar surface area (TPSA) is 105 Å². The maximum atomic E-state index is 11.3. The molecule has 0 aromatic carbocycles. The summed E-state index contributed by atoms with van der Waals surface area (Å²) in [5.41, 5.74) is 0. The van der Waals surface area contributed by atoms with E-state index in [0.29, 0.717) is 0 Å². The minimum Gasteiger partial charge on any atom is -0.480 e. The van der Waals surface area contributed by atoms with Crippen molar-refractivity contribution in [2.24, 2.45) is 0 Å². The summed E-state index contributed by atoms with van der Waals surface area (Å²) in [6.45, 7) is 0.805. The first-order valence-electron chi connectivity index (χ1n) is 5.34.